The summed E-state index contributed by atoms with van der Waals surface area (Å²) in [5, 5.41) is 0. The van der Waals surface area contributed by atoms with E-state index in [1.54, 1.807) is 7.11 Å². The van der Waals surface area contributed by atoms with Crippen LogP contribution < -0.4 is 4.74 Å². The highest BCUT2D eigenvalue weighted by Crippen LogP contribution is 2.36. The molecule has 0 N–H and O–H groups in total. The standard InChI is InChI=1S/C18H25NO2/c1-21-16-11-9-14(10-12-16)17-8-5-13-19(17)18(20)15-6-3-2-4-7-15/h9-12,15,17H,2-8,13H2,1H3. The summed E-state index contributed by atoms with van der Waals surface area (Å²) in [6, 6.07) is 8.48. The molecule has 21 heavy (non-hydrogen) atoms. The molecule has 0 aromatic heterocycles. The molecule has 0 spiro atoms. The summed E-state index contributed by atoms with van der Waals surface area (Å²) in [7, 11) is 1.68. The van der Waals surface area contributed by atoms with Gasteiger partial charge in [0.2, 0.25) is 5.91 Å². The molecular formula is C18H25NO2. The second-order valence-electron chi connectivity index (χ2n) is 6.30. The number of benzene rings is 1. The topological polar surface area (TPSA) is 29.5 Å². The Labute approximate surface area is 127 Å². The van der Waals surface area contributed by atoms with Gasteiger partial charge in [-0.25, -0.2) is 0 Å². The lowest BCUT2D eigenvalue weighted by Crippen LogP contribution is -2.36. The minimum absolute atomic E-state index is 0.269. The summed E-state index contributed by atoms with van der Waals surface area (Å²) in [4.78, 5) is 14.9. The number of methoxy groups -OCH3 is 1. The molecule has 1 saturated carbocycles. The molecule has 0 bridgehead atoms. The Kier molecular flexibility index (Phi) is 4.47. The first-order chi connectivity index (χ1) is 10.3. The number of ether oxygens (including phenoxy) is 1. The molecule has 0 radical (unpaired) electrons. The van der Waals surface area contributed by atoms with Gasteiger partial charge in [-0.2, -0.15) is 0 Å². The number of carbonyl (C=O) groups excluding carboxylic acids is 1. The Bertz CT molecular complexity index is 476. The molecule has 1 aromatic rings. The zero-order valence-corrected chi connectivity index (χ0v) is 12.9. The monoisotopic (exact) mass is 287 g/mol. The van der Waals surface area contributed by atoms with Gasteiger partial charge in [-0.05, 0) is 43.4 Å². The Morgan fingerprint density at radius 2 is 1.76 bits per heavy atom. The average Bonchev–Trinajstić information content (AvgIpc) is 3.04. The molecule has 1 aliphatic heterocycles. The molecular weight excluding hydrogens is 262 g/mol. The van der Waals surface area contributed by atoms with E-state index in [0.717, 1.165) is 38.0 Å². The molecule has 3 nitrogen and oxygen atoms in total. The predicted molar refractivity (Wildman–Crippen MR) is 83.3 cm³/mol. The molecule has 1 amide bonds. The van der Waals surface area contributed by atoms with Crippen molar-refractivity contribution in [2.75, 3.05) is 13.7 Å². The van der Waals surface area contributed by atoms with E-state index in [9.17, 15) is 4.79 Å². The van der Waals surface area contributed by atoms with Gasteiger partial charge in [0.25, 0.3) is 0 Å². The summed E-state index contributed by atoms with van der Waals surface area (Å²) >= 11 is 0. The van der Waals surface area contributed by atoms with E-state index in [2.05, 4.69) is 17.0 Å². The van der Waals surface area contributed by atoms with Crippen molar-refractivity contribution in [1.29, 1.82) is 0 Å². The second kappa shape index (κ2) is 6.50. The molecule has 1 unspecified atom stereocenters. The van der Waals surface area contributed by atoms with Crippen molar-refractivity contribution in [2.45, 2.75) is 51.0 Å². The summed E-state index contributed by atoms with van der Waals surface area (Å²) in [5.74, 6) is 1.55. The van der Waals surface area contributed by atoms with Crippen LogP contribution in [0.4, 0.5) is 0 Å². The smallest absolute Gasteiger partial charge is 0.226 e. The molecule has 1 saturated heterocycles. The predicted octanol–water partition coefficient (Wildman–Crippen LogP) is 3.94. The van der Waals surface area contributed by atoms with Gasteiger partial charge in [-0.1, -0.05) is 31.4 Å². The Hall–Kier alpha value is -1.51. The van der Waals surface area contributed by atoms with E-state index in [1.807, 2.05) is 12.1 Å². The van der Waals surface area contributed by atoms with E-state index in [1.165, 1.54) is 24.8 Å². The zero-order valence-electron chi connectivity index (χ0n) is 12.9. The lowest BCUT2D eigenvalue weighted by atomic mass is 9.88. The SMILES string of the molecule is COc1ccc(C2CCCN2C(=O)C2CCCCC2)cc1. The number of rotatable bonds is 3. The van der Waals surface area contributed by atoms with Crippen LogP contribution in [0.15, 0.2) is 24.3 Å². The van der Waals surface area contributed by atoms with Crippen molar-refractivity contribution in [1.82, 2.24) is 4.90 Å². The van der Waals surface area contributed by atoms with E-state index >= 15 is 0 Å². The average molecular weight is 287 g/mol. The van der Waals surface area contributed by atoms with Crippen LogP contribution in [0, 0.1) is 5.92 Å². The number of carbonyl (C=O) groups is 1. The Balaban J connectivity index is 1.73. The van der Waals surface area contributed by atoms with Gasteiger partial charge in [0, 0.05) is 12.5 Å². The van der Waals surface area contributed by atoms with Crippen LogP contribution in [0.3, 0.4) is 0 Å². The molecule has 1 aromatic carbocycles. The molecule has 2 aliphatic rings. The first kappa shape index (κ1) is 14.4. The van der Waals surface area contributed by atoms with Crippen molar-refractivity contribution in [2.24, 2.45) is 5.92 Å². The summed E-state index contributed by atoms with van der Waals surface area (Å²) in [6.45, 7) is 0.923. The Morgan fingerprint density at radius 3 is 2.43 bits per heavy atom. The Morgan fingerprint density at radius 1 is 1.05 bits per heavy atom. The lowest BCUT2D eigenvalue weighted by Gasteiger charge is -2.31. The molecule has 1 heterocycles. The van der Waals surface area contributed by atoms with Gasteiger partial charge in [0.15, 0.2) is 0 Å². The van der Waals surface area contributed by atoms with Crippen molar-refractivity contribution in [3.8, 4) is 5.75 Å². The van der Waals surface area contributed by atoms with Gasteiger partial charge in [0.1, 0.15) is 5.75 Å². The van der Waals surface area contributed by atoms with Crippen molar-refractivity contribution < 1.29 is 9.53 Å². The first-order valence-electron chi connectivity index (χ1n) is 8.24. The third-order valence-corrected chi connectivity index (χ3v) is 4.99. The van der Waals surface area contributed by atoms with Crippen molar-refractivity contribution in [3.63, 3.8) is 0 Å². The lowest BCUT2D eigenvalue weighted by molar-refractivity contribution is -0.137. The molecule has 114 valence electrons. The van der Waals surface area contributed by atoms with E-state index in [0.29, 0.717) is 5.91 Å². The molecule has 3 rings (SSSR count). The third kappa shape index (κ3) is 3.07. The van der Waals surface area contributed by atoms with Gasteiger partial charge in [-0.15, -0.1) is 0 Å². The largest absolute Gasteiger partial charge is 0.497 e. The maximum absolute atomic E-state index is 12.8. The fourth-order valence-corrected chi connectivity index (χ4v) is 3.79. The molecule has 1 atom stereocenters. The van der Waals surface area contributed by atoms with Crippen LogP contribution >= 0.6 is 0 Å². The molecule has 2 fully saturated rings. The van der Waals surface area contributed by atoms with Crippen LogP contribution in [-0.2, 0) is 4.79 Å². The summed E-state index contributed by atoms with van der Waals surface area (Å²) in [5.41, 5.74) is 1.25. The fourth-order valence-electron chi connectivity index (χ4n) is 3.79. The number of amides is 1. The second-order valence-corrected chi connectivity index (χ2v) is 6.30. The van der Waals surface area contributed by atoms with Crippen LogP contribution in [0.5, 0.6) is 5.75 Å². The first-order valence-corrected chi connectivity index (χ1v) is 8.24. The molecule has 1 aliphatic carbocycles. The quantitative estimate of drug-likeness (QED) is 0.842. The van der Waals surface area contributed by atoms with Crippen LogP contribution in [0.1, 0.15) is 56.6 Å². The van der Waals surface area contributed by atoms with Gasteiger partial charge >= 0.3 is 0 Å². The van der Waals surface area contributed by atoms with Gasteiger partial charge in [-0.3, -0.25) is 4.79 Å². The number of hydrogen-bond acceptors (Lipinski definition) is 2. The van der Waals surface area contributed by atoms with E-state index < -0.39 is 0 Å². The summed E-state index contributed by atoms with van der Waals surface area (Å²) in [6.07, 6.45) is 8.12. The number of likely N-dealkylation sites (tertiary alicyclic amines) is 1. The number of hydrogen-bond donors (Lipinski definition) is 0. The highest BCUT2D eigenvalue weighted by Gasteiger charge is 2.34. The maximum atomic E-state index is 12.8. The zero-order chi connectivity index (χ0) is 14.7. The van der Waals surface area contributed by atoms with E-state index in [-0.39, 0.29) is 12.0 Å². The molecule has 3 heteroatoms. The maximum Gasteiger partial charge on any atom is 0.226 e. The minimum atomic E-state index is 0.269. The van der Waals surface area contributed by atoms with Crippen LogP contribution in [-0.4, -0.2) is 24.5 Å². The van der Waals surface area contributed by atoms with Crippen LogP contribution in [0.25, 0.3) is 0 Å². The number of nitrogens with zero attached hydrogens (tertiary/aromatic N) is 1. The highest BCUT2D eigenvalue weighted by atomic mass is 16.5. The van der Waals surface area contributed by atoms with E-state index in [4.69, 9.17) is 4.74 Å². The van der Waals surface area contributed by atoms with Gasteiger partial charge < -0.3 is 9.64 Å². The van der Waals surface area contributed by atoms with Crippen molar-refractivity contribution in [3.05, 3.63) is 29.8 Å². The van der Waals surface area contributed by atoms with Crippen LogP contribution in [0.2, 0.25) is 0 Å². The summed E-state index contributed by atoms with van der Waals surface area (Å²) < 4.78 is 5.22. The normalized spacial score (nSPS) is 23.3. The fraction of sp³-hybridized carbons (Fsp3) is 0.611. The van der Waals surface area contributed by atoms with Crippen molar-refractivity contribution >= 4 is 5.91 Å². The minimum Gasteiger partial charge on any atom is -0.497 e. The van der Waals surface area contributed by atoms with Gasteiger partial charge in [0.05, 0.1) is 13.2 Å². The third-order valence-electron chi connectivity index (χ3n) is 4.99. The highest BCUT2D eigenvalue weighted by molar-refractivity contribution is 5.79.